The highest BCUT2D eigenvalue weighted by molar-refractivity contribution is 7.80. The molecular formula is C20H17N3O3S. The molecule has 0 radical (unpaired) electrons. The molecule has 0 spiro atoms. The Hall–Kier alpha value is -3.45. The van der Waals surface area contributed by atoms with Crippen LogP contribution in [0.25, 0.3) is 11.1 Å². The molecule has 3 rings (SSSR count). The van der Waals surface area contributed by atoms with E-state index in [9.17, 15) is 10.1 Å². The van der Waals surface area contributed by atoms with Gasteiger partial charge in [-0.3, -0.25) is 10.1 Å². The van der Waals surface area contributed by atoms with Crippen LogP contribution in [-0.2, 0) is 0 Å². The normalized spacial score (nSPS) is 10.1. The van der Waals surface area contributed by atoms with Crippen molar-refractivity contribution in [1.29, 1.82) is 0 Å². The summed E-state index contributed by atoms with van der Waals surface area (Å²) in [6.45, 7) is 0. The molecule has 0 saturated carbocycles. The van der Waals surface area contributed by atoms with E-state index in [0.29, 0.717) is 10.7 Å². The number of ether oxygens (including phenoxy) is 1. The SMILES string of the molecule is COc1cccc(NC(=S)Nc2ccc(-c3ccccc3[N+](=O)[O-])cc2)c1. The van der Waals surface area contributed by atoms with Gasteiger partial charge in [0.25, 0.3) is 5.69 Å². The Morgan fingerprint density at radius 1 is 0.963 bits per heavy atom. The number of nitrogens with zero attached hydrogens (tertiary/aromatic N) is 1. The summed E-state index contributed by atoms with van der Waals surface area (Å²) in [5.74, 6) is 0.733. The van der Waals surface area contributed by atoms with Gasteiger partial charge in [-0.2, -0.15) is 0 Å². The Balaban J connectivity index is 1.71. The van der Waals surface area contributed by atoms with Crippen molar-refractivity contribution in [3.05, 3.63) is 82.9 Å². The summed E-state index contributed by atoms with van der Waals surface area (Å²) in [7, 11) is 1.61. The Bertz CT molecular complexity index is 974. The largest absolute Gasteiger partial charge is 0.497 e. The molecule has 136 valence electrons. The summed E-state index contributed by atoms with van der Waals surface area (Å²) >= 11 is 5.33. The van der Waals surface area contributed by atoms with Gasteiger partial charge in [0.05, 0.1) is 17.6 Å². The maximum absolute atomic E-state index is 11.2. The van der Waals surface area contributed by atoms with Crippen LogP contribution >= 0.6 is 12.2 Å². The second kappa shape index (κ2) is 8.29. The zero-order valence-electron chi connectivity index (χ0n) is 14.5. The van der Waals surface area contributed by atoms with Gasteiger partial charge in [0, 0.05) is 23.5 Å². The summed E-state index contributed by atoms with van der Waals surface area (Å²) in [5.41, 5.74) is 3.00. The third-order valence-corrected chi connectivity index (χ3v) is 4.09. The van der Waals surface area contributed by atoms with Gasteiger partial charge < -0.3 is 15.4 Å². The number of thiocarbonyl (C=S) groups is 1. The number of para-hydroxylation sites is 1. The highest BCUT2D eigenvalue weighted by Gasteiger charge is 2.13. The summed E-state index contributed by atoms with van der Waals surface area (Å²) in [6.07, 6.45) is 0. The maximum atomic E-state index is 11.2. The lowest BCUT2D eigenvalue weighted by molar-refractivity contribution is -0.384. The molecule has 7 heteroatoms. The van der Waals surface area contributed by atoms with E-state index < -0.39 is 0 Å². The number of rotatable bonds is 5. The molecule has 2 N–H and O–H groups in total. The van der Waals surface area contributed by atoms with Crippen LogP contribution in [0.3, 0.4) is 0 Å². The average Bonchev–Trinajstić information content (AvgIpc) is 2.68. The Morgan fingerprint density at radius 2 is 1.67 bits per heavy atom. The summed E-state index contributed by atoms with van der Waals surface area (Å²) in [5, 5.41) is 17.8. The van der Waals surface area contributed by atoms with E-state index in [4.69, 9.17) is 17.0 Å². The first-order chi connectivity index (χ1) is 13.1. The van der Waals surface area contributed by atoms with Crippen molar-refractivity contribution in [2.24, 2.45) is 0 Å². The molecule has 0 aliphatic heterocycles. The third-order valence-electron chi connectivity index (χ3n) is 3.88. The van der Waals surface area contributed by atoms with Crippen molar-refractivity contribution >= 4 is 34.4 Å². The van der Waals surface area contributed by atoms with Crippen LogP contribution in [0.1, 0.15) is 0 Å². The minimum absolute atomic E-state index is 0.0772. The highest BCUT2D eigenvalue weighted by atomic mass is 32.1. The van der Waals surface area contributed by atoms with Crippen molar-refractivity contribution in [3.8, 4) is 16.9 Å². The number of nitrogens with one attached hydrogen (secondary N) is 2. The van der Waals surface area contributed by atoms with E-state index in [1.54, 1.807) is 25.3 Å². The van der Waals surface area contributed by atoms with Crippen LogP contribution in [0.2, 0.25) is 0 Å². The summed E-state index contributed by atoms with van der Waals surface area (Å²) < 4.78 is 5.18. The molecule has 0 aromatic heterocycles. The fraction of sp³-hybridized carbons (Fsp3) is 0.0500. The highest BCUT2D eigenvalue weighted by Crippen LogP contribution is 2.30. The van der Waals surface area contributed by atoms with E-state index in [2.05, 4.69) is 10.6 Å². The molecule has 0 amide bonds. The number of nitro benzene ring substituents is 1. The van der Waals surface area contributed by atoms with Gasteiger partial charge in [0.15, 0.2) is 5.11 Å². The summed E-state index contributed by atoms with van der Waals surface area (Å²) in [6, 6.07) is 21.4. The van der Waals surface area contributed by atoms with Gasteiger partial charge in [0.1, 0.15) is 5.75 Å². The van der Waals surface area contributed by atoms with Gasteiger partial charge in [-0.25, -0.2) is 0 Å². The molecule has 0 aliphatic rings. The van der Waals surface area contributed by atoms with Crippen LogP contribution < -0.4 is 15.4 Å². The fourth-order valence-electron chi connectivity index (χ4n) is 2.60. The molecule has 0 heterocycles. The van der Waals surface area contributed by atoms with Crippen LogP contribution in [0.4, 0.5) is 17.1 Å². The van der Waals surface area contributed by atoms with E-state index in [1.807, 2.05) is 48.5 Å². The van der Waals surface area contributed by atoms with Crippen molar-refractivity contribution in [3.63, 3.8) is 0 Å². The number of nitro groups is 1. The van der Waals surface area contributed by atoms with Gasteiger partial charge in [-0.15, -0.1) is 0 Å². The lowest BCUT2D eigenvalue weighted by Gasteiger charge is -2.12. The monoisotopic (exact) mass is 379 g/mol. The molecule has 0 saturated heterocycles. The summed E-state index contributed by atoms with van der Waals surface area (Å²) in [4.78, 5) is 10.8. The zero-order valence-corrected chi connectivity index (χ0v) is 15.3. The Morgan fingerprint density at radius 3 is 2.37 bits per heavy atom. The predicted octanol–water partition coefficient (Wildman–Crippen LogP) is 5.08. The van der Waals surface area contributed by atoms with Crippen LogP contribution in [0.15, 0.2) is 72.8 Å². The smallest absolute Gasteiger partial charge is 0.277 e. The predicted molar refractivity (Wildman–Crippen MR) is 111 cm³/mol. The molecule has 0 bridgehead atoms. The van der Waals surface area contributed by atoms with E-state index in [0.717, 1.165) is 22.7 Å². The first-order valence-corrected chi connectivity index (χ1v) is 8.53. The number of benzene rings is 3. The maximum Gasteiger partial charge on any atom is 0.277 e. The van der Waals surface area contributed by atoms with E-state index in [-0.39, 0.29) is 10.6 Å². The number of anilines is 2. The van der Waals surface area contributed by atoms with Crippen molar-refractivity contribution < 1.29 is 9.66 Å². The number of methoxy groups -OCH3 is 1. The fourth-order valence-corrected chi connectivity index (χ4v) is 2.84. The first kappa shape index (κ1) is 18.3. The lowest BCUT2D eigenvalue weighted by Crippen LogP contribution is -2.18. The van der Waals surface area contributed by atoms with Gasteiger partial charge >= 0.3 is 0 Å². The third kappa shape index (κ3) is 4.59. The quantitative estimate of drug-likeness (QED) is 0.366. The Labute approximate surface area is 162 Å². The molecule has 0 fully saturated rings. The molecular weight excluding hydrogens is 362 g/mol. The second-order valence-corrected chi connectivity index (χ2v) is 6.07. The van der Waals surface area contributed by atoms with E-state index >= 15 is 0 Å². The van der Waals surface area contributed by atoms with Crippen LogP contribution in [0.5, 0.6) is 5.75 Å². The topological polar surface area (TPSA) is 76.4 Å². The lowest BCUT2D eigenvalue weighted by atomic mass is 10.0. The molecule has 0 unspecified atom stereocenters. The van der Waals surface area contributed by atoms with E-state index in [1.165, 1.54) is 6.07 Å². The number of hydrogen-bond acceptors (Lipinski definition) is 4. The van der Waals surface area contributed by atoms with Crippen LogP contribution in [0, 0.1) is 10.1 Å². The molecule has 27 heavy (non-hydrogen) atoms. The standard InChI is InChI=1S/C20H17N3O3S/c1-26-17-6-4-5-16(13-17)22-20(27)21-15-11-9-14(10-12-15)18-7-2-3-8-19(18)23(24)25/h2-13H,1H3,(H2,21,22,27). The Kier molecular flexibility index (Phi) is 5.63. The van der Waals surface area contributed by atoms with Crippen LogP contribution in [-0.4, -0.2) is 17.1 Å². The molecule has 3 aromatic carbocycles. The molecule has 0 aliphatic carbocycles. The second-order valence-electron chi connectivity index (χ2n) is 5.66. The van der Waals surface area contributed by atoms with Crippen molar-refractivity contribution in [2.75, 3.05) is 17.7 Å². The average molecular weight is 379 g/mol. The first-order valence-electron chi connectivity index (χ1n) is 8.13. The molecule has 6 nitrogen and oxygen atoms in total. The van der Waals surface area contributed by atoms with Crippen molar-refractivity contribution in [2.45, 2.75) is 0 Å². The molecule has 3 aromatic rings. The van der Waals surface area contributed by atoms with Crippen molar-refractivity contribution in [1.82, 2.24) is 0 Å². The minimum Gasteiger partial charge on any atom is -0.497 e. The number of hydrogen-bond donors (Lipinski definition) is 2. The zero-order chi connectivity index (χ0) is 19.2. The minimum atomic E-state index is -0.380. The van der Waals surface area contributed by atoms with Gasteiger partial charge in [-0.05, 0) is 48.1 Å². The molecule has 0 atom stereocenters. The van der Waals surface area contributed by atoms with Gasteiger partial charge in [-0.1, -0.05) is 30.3 Å². The van der Waals surface area contributed by atoms with Gasteiger partial charge in [0.2, 0.25) is 0 Å².